The summed E-state index contributed by atoms with van der Waals surface area (Å²) >= 11 is 0. The van der Waals surface area contributed by atoms with Crippen molar-refractivity contribution in [2.45, 2.75) is 31.9 Å². The Labute approximate surface area is 170 Å². The molecule has 1 fully saturated rings. The van der Waals surface area contributed by atoms with Gasteiger partial charge < -0.3 is 15.2 Å². The molecule has 4 aromatic rings. The van der Waals surface area contributed by atoms with Gasteiger partial charge in [0.15, 0.2) is 11.1 Å². The van der Waals surface area contributed by atoms with Crippen LogP contribution in [0.4, 0.5) is 0 Å². The highest BCUT2D eigenvalue weighted by Crippen LogP contribution is 2.24. The normalized spacial score (nSPS) is 16.5. The quantitative estimate of drug-likeness (QED) is 0.399. The highest BCUT2D eigenvalue weighted by molar-refractivity contribution is 5.64. The van der Waals surface area contributed by atoms with Crippen LogP contribution >= 0.6 is 0 Å². The molecule has 152 valence electrons. The molecule has 1 saturated carbocycles. The molecule has 4 N–H and O–H groups in total. The van der Waals surface area contributed by atoms with Gasteiger partial charge in [-0.05, 0) is 37.5 Å². The Bertz CT molecular complexity index is 1430. The van der Waals surface area contributed by atoms with Gasteiger partial charge in [-0.2, -0.15) is 9.61 Å². The van der Waals surface area contributed by atoms with Gasteiger partial charge in [0.25, 0.3) is 0 Å². The number of hydrogen-bond acceptors (Lipinski definition) is 6. The molecule has 0 saturated heterocycles. The van der Waals surface area contributed by atoms with E-state index in [4.69, 9.17) is 9.98 Å². The van der Waals surface area contributed by atoms with Crippen LogP contribution in [0.25, 0.3) is 23.0 Å². The third kappa shape index (κ3) is 3.39. The number of rotatable bonds is 4. The molecule has 1 unspecified atom stereocenters. The number of nitrogens with one attached hydrogen (secondary N) is 2. The lowest BCUT2D eigenvalue weighted by Gasteiger charge is -2.08. The molecule has 9 heteroatoms. The van der Waals surface area contributed by atoms with Gasteiger partial charge in [0.2, 0.25) is 5.88 Å². The fourth-order valence-corrected chi connectivity index (χ4v) is 3.30. The minimum Gasteiger partial charge on any atom is -0.493 e. The lowest BCUT2D eigenvalue weighted by molar-refractivity contribution is 0.199. The predicted molar refractivity (Wildman–Crippen MR) is 110 cm³/mol. The lowest BCUT2D eigenvalue weighted by Crippen LogP contribution is -2.19. The van der Waals surface area contributed by atoms with E-state index >= 15 is 0 Å². The number of benzene rings is 1. The number of hydrogen-bond donors (Lipinski definition) is 4. The summed E-state index contributed by atoms with van der Waals surface area (Å²) in [5, 5.41) is 24.9. The third-order valence-corrected chi connectivity index (χ3v) is 5.04. The monoisotopic (exact) mass is 404 g/mol. The molecule has 5 rings (SSSR count). The van der Waals surface area contributed by atoms with Gasteiger partial charge in [-0.25, -0.2) is 9.78 Å². The summed E-state index contributed by atoms with van der Waals surface area (Å²) in [4.78, 5) is 25.8. The molecule has 0 aliphatic heterocycles. The third-order valence-electron chi connectivity index (χ3n) is 5.04. The molecule has 0 amide bonds. The summed E-state index contributed by atoms with van der Waals surface area (Å²) in [5.74, 6) is -0.247. The van der Waals surface area contributed by atoms with Gasteiger partial charge in [0.05, 0.1) is 24.0 Å². The van der Waals surface area contributed by atoms with E-state index < -0.39 is 11.8 Å². The van der Waals surface area contributed by atoms with E-state index in [0.29, 0.717) is 22.0 Å². The van der Waals surface area contributed by atoms with Crippen LogP contribution in [-0.4, -0.2) is 40.8 Å². The first-order valence-electron chi connectivity index (χ1n) is 9.72. The van der Waals surface area contributed by atoms with Gasteiger partial charge in [0, 0.05) is 16.8 Å². The van der Waals surface area contributed by atoms with Crippen LogP contribution in [0.15, 0.2) is 46.3 Å². The Hall–Kier alpha value is -3.72. The number of imidazole rings is 1. The molecule has 9 nitrogen and oxygen atoms in total. The van der Waals surface area contributed by atoms with Crippen molar-refractivity contribution < 1.29 is 10.2 Å². The average Bonchev–Trinajstić information content (AvgIpc) is 3.36. The minimum atomic E-state index is -0.587. The Morgan fingerprint density at radius 1 is 1.30 bits per heavy atom. The van der Waals surface area contributed by atoms with Crippen molar-refractivity contribution in [2.75, 3.05) is 0 Å². The first-order valence-corrected chi connectivity index (χ1v) is 9.72. The largest absolute Gasteiger partial charge is 0.493 e. The number of H-pyrrole nitrogens is 2. The summed E-state index contributed by atoms with van der Waals surface area (Å²) in [7, 11) is 0. The average molecular weight is 404 g/mol. The summed E-state index contributed by atoms with van der Waals surface area (Å²) in [6, 6.07) is 9.76. The molecule has 0 spiro atoms. The van der Waals surface area contributed by atoms with E-state index in [2.05, 4.69) is 15.1 Å². The van der Waals surface area contributed by atoms with Gasteiger partial charge in [-0.3, -0.25) is 9.98 Å². The fourth-order valence-electron chi connectivity index (χ4n) is 3.30. The Balaban J connectivity index is 1.76. The second-order valence-corrected chi connectivity index (χ2v) is 7.48. The topological polar surface area (TPSA) is 132 Å². The maximum Gasteiger partial charge on any atom is 0.326 e. The first kappa shape index (κ1) is 18.3. The first-order chi connectivity index (χ1) is 14.5. The zero-order chi connectivity index (χ0) is 20.8. The van der Waals surface area contributed by atoms with E-state index in [-0.39, 0.29) is 17.6 Å². The Morgan fingerprint density at radius 3 is 2.83 bits per heavy atom. The summed E-state index contributed by atoms with van der Waals surface area (Å²) in [6.07, 6.45) is 4.75. The second-order valence-electron chi connectivity index (χ2n) is 7.48. The number of fused-ring (bicyclic) bond motifs is 1. The van der Waals surface area contributed by atoms with Gasteiger partial charge in [-0.1, -0.05) is 18.2 Å². The van der Waals surface area contributed by atoms with Crippen LogP contribution in [0.5, 0.6) is 5.88 Å². The number of aromatic hydroxyl groups is 1. The van der Waals surface area contributed by atoms with Crippen LogP contribution in [-0.2, 0) is 0 Å². The highest BCUT2D eigenvalue weighted by Gasteiger charge is 2.20. The van der Waals surface area contributed by atoms with Crippen molar-refractivity contribution in [3.8, 4) is 17.1 Å². The van der Waals surface area contributed by atoms with Crippen molar-refractivity contribution in [1.29, 1.82) is 0 Å². The molecule has 1 aliphatic carbocycles. The molecule has 1 aromatic carbocycles. The summed E-state index contributed by atoms with van der Waals surface area (Å²) in [6.45, 7) is 1.72. The molecule has 0 bridgehead atoms. The van der Waals surface area contributed by atoms with Crippen molar-refractivity contribution in [3.63, 3.8) is 0 Å². The number of nitrogens with zero attached hydrogens (tertiary/aromatic N) is 4. The molecule has 30 heavy (non-hydrogen) atoms. The zero-order valence-electron chi connectivity index (χ0n) is 16.2. The van der Waals surface area contributed by atoms with Crippen LogP contribution in [0.2, 0.25) is 0 Å². The molecular weight excluding hydrogens is 384 g/mol. The van der Waals surface area contributed by atoms with E-state index in [0.717, 1.165) is 24.0 Å². The van der Waals surface area contributed by atoms with E-state index in [1.54, 1.807) is 23.7 Å². The molecule has 1 aliphatic rings. The van der Waals surface area contributed by atoms with Gasteiger partial charge >= 0.3 is 5.69 Å². The smallest absolute Gasteiger partial charge is 0.326 e. The second kappa shape index (κ2) is 6.96. The maximum absolute atomic E-state index is 11.4. The van der Waals surface area contributed by atoms with Crippen LogP contribution < -0.4 is 16.4 Å². The SMILES string of the molecule is CC(O)c1cccc(-c2cc(=NC3CC3)n3nc/c(=C\c4[nH]c(=O)[nH]c4O)c3n2)c1. The standard InChI is InChI=1S/C21H20N6O3/c1-11(28)12-3-2-4-13(7-12)16-9-18(23-15-5-6-15)27-19(24-16)14(10-22-27)8-17-20(29)26-21(30)25-17/h2-4,7-11,15,28-29H,5-6H2,1H3,(H2,25,26,30)/b14-8+,23-18?. The number of aliphatic hydroxyl groups excluding tert-OH is 1. The number of aromatic nitrogens is 5. The van der Waals surface area contributed by atoms with Crippen LogP contribution in [0.1, 0.15) is 37.1 Å². The summed E-state index contributed by atoms with van der Waals surface area (Å²) in [5.41, 5.74) is 3.34. The van der Waals surface area contributed by atoms with Crippen molar-refractivity contribution in [2.24, 2.45) is 4.99 Å². The lowest BCUT2D eigenvalue weighted by atomic mass is 10.0. The van der Waals surface area contributed by atoms with Crippen LogP contribution in [0, 0.1) is 0 Å². The molecule has 1 atom stereocenters. The molecular formula is C21H20N6O3. The molecule has 3 aromatic heterocycles. The fraction of sp³-hybridized carbons (Fsp3) is 0.238. The van der Waals surface area contributed by atoms with E-state index in [1.165, 1.54) is 0 Å². The maximum atomic E-state index is 11.4. The zero-order valence-corrected chi connectivity index (χ0v) is 16.2. The van der Waals surface area contributed by atoms with Crippen LogP contribution in [0.3, 0.4) is 0 Å². The van der Waals surface area contributed by atoms with Crippen molar-refractivity contribution in [3.05, 3.63) is 69.0 Å². The van der Waals surface area contributed by atoms with Gasteiger partial charge in [0.1, 0.15) is 5.69 Å². The van der Waals surface area contributed by atoms with Crippen molar-refractivity contribution in [1.82, 2.24) is 24.6 Å². The number of aromatic amines is 2. The van der Waals surface area contributed by atoms with E-state index in [9.17, 15) is 15.0 Å². The van der Waals surface area contributed by atoms with Crippen molar-refractivity contribution >= 4 is 11.7 Å². The number of aliphatic hydroxyl groups is 1. The molecule has 0 radical (unpaired) electrons. The Kier molecular flexibility index (Phi) is 4.25. The Morgan fingerprint density at radius 2 is 2.13 bits per heavy atom. The summed E-state index contributed by atoms with van der Waals surface area (Å²) < 4.78 is 1.66. The highest BCUT2D eigenvalue weighted by atomic mass is 16.3. The van der Waals surface area contributed by atoms with Gasteiger partial charge in [-0.15, -0.1) is 0 Å². The molecule has 3 heterocycles. The predicted octanol–water partition coefficient (Wildman–Crippen LogP) is 0.782. The van der Waals surface area contributed by atoms with E-state index in [1.807, 2.05) is 30.3 Å². The minimum absolute atomic E-state index is 0.247.